The third-order valence-electron chi connectivity index (χ3n) is 4.18. The van der Waals surface area contributed by atoms with Crippen LogP contribution in [0.1, 0.15) is 16.1 Å². The molecule has 0 saturated heterocycles. The van der Waals surface area contributed by atoms with E-state index in [4.69, 9.17) is 9.88 Å². The van der Waals surface area contributed by atoms with Crippen LogP contribution in [-0.2, 0) is 10.0 Å². The molecule has 0 aliphatic heterocycles. The number of anilines is 1. The Morgan fingerprint density at radius 3 is 2.52 bits per heavy atom. The lowest BCUT2D eigenvalue weighted by molar-refractivity contribution is 0.102. The van der Waals surface area contributed by atoms with E-state index in [0.717, 1.165) is 15.7 Å². The van der Waals surface area contributed by atoms with E-state index in [1.54, 1.807) is 19.1 Å². The van der Waals surface area contributed by atoms with Crippen LogP contribution in [0.3, 0.4) is 0 Å². The van der Waals surface area contributed by atoms with E-state index in [1.807, 2.05) is 24.3 Å². The lowest BCUT2D eigenvalue weighted by Gasteiger charge is -2.12. The van der Waals surface area contributed by atoms with Gasteiger partial charge >= 0.3 is 0 Å². The topological polar surface area (TPSA) is 111 Å². The Morgan fingerprint density at radius 1 is 1.14 bits per heavy atom. The molecule has 1 amide bonds. The van der Waals surface area contributed by atoms with E-state index < -0.39 is 15.9 Å². The molecule has 0 saturated carbocycles. The fourth-order valence-corrected chi connectivity index (χ4v) is 3.91. The van der Waals surface area contributed by atoms with Crippen LogP contribution >= 0.6 is 15.9 Å². The highest BCUT2D eigenvalue weighted by Crippen LogP contribution is 2.27. The van der Waals surface area contributed by atoms with Crippen molar-refractivity contribution < 1.29 is 17.9 Å². The van der Waals surface area contributed by atoms with Crippen LogP contribution in [0.2, 0.25) is 0 Å². The van der Waals surface area contributed by atoms with Gasteiger partial charge in [0.2, 0.25) is 10.0 Å². The lowest BCUT2D eigenvalue weighted by Crippen LogP contribution is -2.16. The number of nitrogens with two attached hydrogens (primary N) is 1. The highest BCUT2D eigenvalue weighted by atomic mass is 79.9. The zero-order valence-electron chi connectivity index (χ0n) is 15.6. The van der Waals surface area contributed by atoms with Crippen LogP contribution in [0, 0.1) is 6.92 Å². The van der Waals surface area contributed by atoms with Crippen LogP contribution in [-0.4, -0.2) is 26.4 Å². The Kier molecular flexibility index (Phi) is 6.02. The number of hydrogen-bond acceptors (Lipinski definition) is 5. The predicted molar refractivity (Wildman–Crippen MR) is 114 cm³/mol. The standard InChI is InChI=1S/C20H18BrN3O4S/c1-12-16(7-8-17(23-12)13-4-3-5-14(21)10-13)20(25)24-15-6-9-18(28-2)19(11-15)29(22,26)27/h3-11H,1-2H3,(H,24,25)(H2,22,26,27). The number of carbonyl (C=O) groups is 1. The van der Waals surface area contributed by atoms with Crippen LogP contribution in [0.5, 0.6) is 5.75 Å². The average molecular weight is 476 g/mol. The number of pyridine rings is 1. The maximum absolute atomic E-state index is 12.7. The van der Waals surface area contributed by atoms with E-state index >= 15 is 0 Å². The summed E-state index contributed by atoms with van der Waals surface area (Å²) in [5.74, 6) is -0.317. The van der Waals surface area contributed by atoms with Gasteiger partial charge < -0.3 is 10.1 Å². The monoisotopic (exact) mass is 475 g/mol. The normalized spacial score (nSPS) is 11.2. The second-order valence-corrected chi connectivity index (χ2v) is 8.65. The first-order valence-electron chi connectivity index (χ1n) is 8.45. The van der Waals surface area contributed by atoms with E-state index in [1.165, 1.54) is 25.3 Å². The van der Waals surface area contributed by atoms with Gasteiger partial charge in [-0.2, -0.15) is 0 Å². The molecule has 1 aromatic heterocycles. The Labute approximate surface area is 177 Å². The first kappa shape index (κ1) is 21.0. The number of aromatic nitrogens is 1. The maximum Gasteiger partial charge on any atom is 0.257 e. The second kappa shape index (κ2) is 8.32. The zero-order valence-corrected chi connectivity index (χ0v) is 18.0. The van der Waals surface area contributed by atoms with E-state index in [9.17, 15) is 13.2 Å². The largest absolute Gasteiger partial charge is 0.495 e. The summed E-state index contributed by atoms with van der Waals surface area (Å²) in [7, 11) is -2.67. The quantitative estimate of drug-likeness (QED) is 0.583. The molecule has 3 rings (SSSR count). The highest BCUT2D eigenvalue weighted by molar-refractivity contribution is 9.10. The summed E-state index contributed by atoms with van der Waals surface area (Å²) in [6.07, 6.45) is 0. The summed E-state index contributed by atoms with van der Waals surface area (Å²) >= 11 is 3.43. The summed E-state index contributed by atoms with van der Waals surface area (Å²) in [6, 6.07) is 15.3. The molecule has 0 bridgehead atoms. The molecule has 0 atom stereocenters. The van der Waals surface area contributed by atoms with Gasteiger partial charge in [0.1, 0.15) is 10.6 Å². The first-order chi connectivity index (χ1) is 13.7. The molecule has 9 heteroatoms. The summed E-state index contributed by atoms with van der Waals surface area (Å²) < 4.78 is 29.4. The van der Waals surface area contributed by atoms with Gasteiger partial charge in [-0.25, -0.2) is 13.6 Å². The van der Waals surface area contributed by atoms with Crippen molar-refractivity contribution in [1.82, 2.24) is 4.98 Å². The van der Waals surface area contributed by atoms with Crippen molar-refractivity contribution in [2.24, 2.45) is 5.14 Å². The summed E-state index contributed by atoms with van der Waals surface area (Å²) in [5, 5.41) is 7.89. The van der Waals surface area contributed by atoms with Crippen molar-refractivity contribution in [1.29, 1.82) is 0 Å². The van der Waals surface area contributed by atoms with Gasteiger partial charge in [-0.1, -0.05) is 28.1 Å². The van der Waals surface area contributed by atoms with Crippen molar-refractivity contribution in [3.8, 4) is 17.0 Å². The zero-order chi connectivity index (χ0) is 21.2. The highest BCUT2D eigenvalue weighted by Gasteiger charge is 2.18. The number of amides is 1. The number of carbonyl (C=O) groups excluding carboxylic acids is 1. The van der Waals surface area contributed by atoms with Gasteiger partial charge in [0.15, 0.2) is 0 Å². The van der Waals surface area contributed by atoms with Crippen LogP contribution in [0.4, 0.5) is 5.69 Å². The number of primary sulfonamides is 1. The molecule has 0 fully saturated rings. The van der Waals surface area contributed by atoms with Gasteiger partial charge in [-0.15, -0.1) is 0 Å². The Balaban J connectivity index is 1.88. The fourth-order valence-electron chi connectivity index (χ4n) is 2.78. The van der Waals surface area contributed by atoms with Gasteiger partial charge in [0.05, 0.1) is 24.1 Å². The van der Waals surface area contributed by atoms with Gasteiger partial charge in [0.25, 0.3) is 5.91 Å². The minimum absolute atomic E-state index is 0.0988. The molecule has 0 unspecified atom stereocenters. The van der Waals surface area contributed by atoms with E-state index in [-0.39, 0.29) is 16.3 Å². The number of methoxy groups -OCH3 is 1. The number of hydrogen-bond donors (Lipinski definition) is 2. The molecule has 7 nitrogen and oxygen atoms in total. The summed E-state index contributed by atoms with van der Waals surface area (Å²) in [6.45, 7) is 1.74. The molecule has 2 aromatic carbocycles. The fraction of sp³-hybridized carbons (Fsp3) is 0.100. The SMILES string of the molecule is COc1ccc(NC(=O)c2ccc(-c3cccc(Br)c3)nc2C)cc1S(N)(=O)=O. The molecule has 0 aliphatic rings. The molecule has 0 aliphatic carbocycles. The van der Waals surface area contributed by atoms with E-state index in [2.05, 4.69) is 26.2 Å². The lowest BCUT2D eigenvalue weighted by atomic mass is 10.1. The van der Waals surface area contributed by atoms with Gasteiger partial charge in [-0.05, 0) is 49.4 Å². The summed E-state index contributed by atoms with van der Waals surface area (Å²) in [4.78, 5) is 17.0. The molecule has 1 heterocycles. The Bertz CT molecular complexity index is 1200. The molecule has 150 valence electrons. The van der Waals surface area contributed by atoms with Crippen LogP contribution in [0.25, 0.3) is 11.3 Å². The maximum atomic E-state index is 12.7. The predicted octanol–water partition coefficient (Wildman–Crippen LogP) is 3.73. The number of nitrogens with zero attached hydrogens (tertiary/aromatic N) is 1. The third kappa shape index (κ3) is 4.81. The molecular weight excluding hydrogens is 458 g/mol. The second-order valence-electron chi connectivity index (χ2n) is 6.20. The molecular formula is C20H18BrN3O4S. The Hall–Kier alpha value is -2.75. The molecule has 0 spiro atoms. The molecule has 3 N–H and O–H groups in total. The number of benzene rings is 2. The van der Waals surface area contributed by atoms with E-state index in [0.29, 0.717) is 11.3 Å². The number of aryl methyl sites for hydroxylation is 1. The third-order valence-corrected chi connectivity index (χ3v) is 5.60. The van der Waals surface area contributed by atoms with Crippen molar-refractivity contribution in [2.75, 3.05) is 12.4 Å². The average Bonchev–Trinajstić information content (AvgIpc) is 2.67. The van der Waals surface area contributed by atoms with Gasteiger partial charge in [0, 0.05) is 15.7 Å². The number of rotatable bonds is 5. The van der Waals surface area contributed by atoms with Crippen LogP contribution < -0.4 is 15.2 Å². The minimum atomic E-state index is -4.01. The van der Waals surface area contributed by atoms with Crippen molar-refractivity contribution in [3.05, 3.63) is 70.3 Å². The number of halogens is 1. The number of sulfonamides is 1. The van der Waals surface area contributed by atoms with Crippen molar-refractivity contribution in [2.45, 2.75) is 11.8 Å². The first-order valence-corrected chi connectivity index (χ1v) is 10.8. The van der Waals surface area contributed by atoms with Crippen molar-refractivity contribution >= 4 is 37.5 Å². The molecule has 0 radical (unpaired) electrons. The smallest absolute Gasteiger partial charge is 0.257 e. The van der Waals surface area contributed by atoms with Crippen molar-refractivity contribution in [3.63, 3.8) is 0 Å². The molecule has 3 aromatic rings. The summed E-state index contributed by atoms with van der Waals surface area (Å²) in [5.41, 5.74) is 2.84. The number of ether oxygens (including phenoxy) is 1. The minimum Gasteiger partial charge on any atom is -0.495 e. The Morgan fingerprint density at radius 2 is 1.90 bits per heavy atom. The molecule has 29 heavy (non-hydrogen) atoms. The van der Waals surface area contributed by atoms with Crippen LogP contribution in [0.15, 0.2) is 64.0 Å². The van der Waals surface area contributed by atoms with Gasteiger partial charge in [-0.3, -0.25) is 9.78 Å². The number of nitrogens with one attached hydrogen (secondary N) is 1.